The summed E-state index contributed by atoms with van der Waals surface area (Å²) < 4.78 is 2.71. The highest BCUT2D eigenvalue weighted by atomic mass is 79.9. The summed E-state index contributed by atoms with van der Waals surface area (Å²) in [7, 11) is 0. The van der Waals surface area contributed by atoms with Gasteiger partial charge in [0.2, 0.25) is 0 Å². The first-order valence-electron chi connectivity index (χ1n) is 6.41. The number of rotatable bonds is 4. The molecule has 0 aliphatic rings. The standard InChI is InChI=1S/C15H13BrClN3O/c1-2-5-20-9-11(16)6-14(20)15(21)19-13-7-12(17)4-3-10(13)8-18/h3-4,6-7,9H,2,5H2,1H3,(H,19,21). The van der Waals surface area contributed by atoms with Gasteiger partial charge in [-0.2, -0.15) is 5.26 Å². The molecule has 0 bridgehead atoms. The molecule has 0 saturated heterocycles. The molecular weight excluding hydrogens is 354 g/mol. The summed E-state index contributed by atoms with van der Waals surface area (Å²) in [5, 5.41) is 12.3. The zero-order valence-corrected chi connectivity index (χ0v) is 13.7. The maximum atomic E-state index is 12.4. The summed E-state index contributed by atoms with van der Waals surface area (Å²) >= 11 is 9.29. The van der Waals surface area contributed by atoms with E-state index in [1.807, 2.05) is 23.8 Å². The number of nitriles is 1. The van der Waals surface area contributed by atoms with Crippen LogP contribution >= 0.6 is 27.5 Å². The fraction of sp³-hybridized carbons (Fsp3) is 0.200. The zero-order valence-electron chi connectivity index (χ0n) is 11.4. The van der Waals surface area contributed by atoms with Crippen molar-refractivity contribution in [2.75, 3.05) is 5.32 Å². The van der Waals surface area contributed by atoms with E-state index in [2.05, 4.69) is 21.2 Å². The second-order valence-electron chi connectivity index (χ2n) is 4.49. The number of nitrogens with zero attached hydrogens (tertiary/aromatic N) is 2. The Balaban J connectivity index is 2.30. The average Bonchev–Trinajstić information content (AvgIpc) is 2.80. The Bertz CT molecular complexity index is 718. The molecule has 2 rings (SSSR count). The number of anilines is 1. The van der Waals surface area contributed by atoms with Crippen LogP contribution in [0.3, 0.4) is 0 Å². The molecule has 21 heavy (non-hydrogen) atoms. The molecule has 1 N–H and O–H groups in total. The summed E-state index contributed by atoms with van der Waals surface area (Å²) in [6, 6.07) is 8.56. The monoisotopic (exact) mass is 365 g/mol. The second kappa shape index (κ2) is 6.79. The van der Waals surface area contributed by atoms with Crippen LogP contribution in [0.1, 0.15) is 29.4 Å². The van der Waals surface area contributed by atoms with Gasteiger partial charge in [0.05, 0.1) is 11.3 Å². The number of halogens is 2. The van der Waals surface area contributed by atoms with E-state index in [4.69, 9.17) is 16.9 Å². The molecule has 1 amide bonds. The van der Waals surface area contributed by atoms with Crippen LogP contribution < -0.4 is 5.32 Å². The van der Waals surface area contributed by atoms with Gasteiger partial charge in [0.1, 0.15) is 11.8 Å². The first-order valence-corrected chi connectivity index (χ1v) is 7.59. The topological polar surface area (TPSA) is 57.8 Å². The van der Waals surface area contributed by atoms with Crippen LogP contribution in [0.5, 0.6) is 0 Å². The Hall–Kier alpha value is -1.77. The number of amides is 1. The lowest BCUT2D eigenvalue weighted by atomic mass is 10.2. The summed E-state index contributed by atoms with van der Waals surface area (Å²) in [6.07, 6.45) is 2.78. The highest BCUT2D eigenvalue weighted by Crippen LogP contribution is 2.22. The normalized spacial score (nSPS) is 10.2. The Morgan fingerprint density at radius 1 is 1.48 bits per heavy atom. The summed E-state index contributed by atoms with van der Waals surface area (Å²) in [4.78, 5) is 12.4. The van der Waals surface area contributed by atoms with Crippen LogP contribution in [-0.2, 0) is 6.54 Å². The minimum absolute atomic E-state index is 0.270. The molecule has 0 unspecified atom stereocenters. The number of aromatic nitrogens is 1. The lowest BCUT2D eigenvalue weighted by Gasteiger charge is -2.10. The lowest BCUT2D eigenvalue weighted by molar-refractivity contribution is 0.101. The van der Waals surface area contributed by atoms with Crippen molar-refractivity contribution in [3.8, 4) is 6.07 Å². The first kappa shape index (κ1) is 15.6. The van der Waals surface area contributed by atoms with Gasteiger partial charge in [-0.1, -0.05) is 18.5 Å². The second-order valence-corrected chi connectivity index (χ2v) is 5.84. The number of hydrogen-bond donors (Lipinski definition) is 1. The Labute approximate surface area is 136 Å². The molecule has 0 saturated carbocycles. The molecule has 0 radical (unpaired) electrons. The molecular formula is C15H13BrClN3O. The van der Waals surface area contributed by atoms with Crippen LogP contribution in [-0.4, -0.2) is 10.5 Å². The maximum absolute atomic E-state index is 12.4. The van der Waals surface area contributed by atoms with Gasteiger partial charge >= 0.3 is 0 Å². The van der Waals surface area contributed by atoms with Crippen LogP contribution in [0.2, 0.25) is 5.02 Å². The zero-order chi connectivity index (χ0) is 15.4. The largest absolute Gasteiger partial charge is 0.342 e. The van der Waals surface area contributed by atoms with Gasteiger partial charge in [0.15, 0.2) is 0 Å². The van der Waals surface area contributed by atoms with Gasteiger partial charge in [-0.15, -0.1) is 0 Å². The van der Waals surface area contributed by atoms with Crippen molar-refractivity contribution in [3.05, 3.63) is 51.2 Å². The minimum atomic E-state index is -0.270. The average molecular weight is 367 g/mol. The third-order valence-electron chi connectivity index (χ3n) is 2.91. The van der Waals surface area contributed by atoms with Crippen LogP contribution in [0.25, 0.3) is 0 Å². The van der Waals surface area contributed by atoms with E-state index in [9.17, 15) is 4.79 Å². The van der Waals surface area contributed by atoms with E-state index >= 15 is 0 Å². The van der Waals surface area contributed by atoms with Gasteiger partial charge < -0.3 is 9.88 Å². The SMILES string of the molecule is CCCn1cc(Br)cc1C(=O)Nc1cc(Cl)ccc1C#N. The fourth-order valence-corrected chi connectivity index (χ4v) is 2.63. The highest BCUT2D eigenvalue weighted by Gasteiger charge is 2.14. The molecule has 1 heterocycles. The number of benzene rings is 1. The van der Waals surface area contributed by atoms with Gasteiger partial charge in [-0.3, -0.25) is 4.79 Å². The van der Waals surface area contributed by atoms with E-state index in [0.717, 1.165) is 17.4 Å². The van der Waals surface area contributed by atoms with E-state index < -0.39 is 0 Å². The third-order valence-corrected chi connectivity index (χ3v) is 3.58. The number of carbonyl (C=O) groups excluding carboxylic acids is 1. The van der Waals surface area contributed by atoms with Crippen LogP contribution in [0.4, 0.5) is 5.69 Å². The van der Waals surface area contributed by atoms with Crippen molar-refractivity contribution in [1.29, 1.82) is 5.26 Å². The van der Waals surface area contributed by atoms with Gasteiger partial charge in [0, 0.05) is 22.2 Å². The quantitative estimate of drug-likeness (QED) is 0.869. The Morgan fingerprint density at radius 3 is 2.90 bits per heavy atom. The van der Waals surface area contributed by atoms with E-state index in [0.29, 0.717) is 22.0 Å². The molecule has 1 aromatic carbocycles. The van der Waals surface area contributed by atoms with Crippen LogP contribution in [0.15, 0.2) is 34.9 Å². The fourth-order valence-electron chi connectivity index (χ4n) is 1.99. The molecule has 0 spiro atoms. The lowest BCUT2D eigenvalue weighted by Crippen LogP contribution is -2.17. The molecule has 108 valence electrons. The molecule has 0 aliphatic heterocycles. The summed E-state index contributed by atoms with van der Waals surface area (Å²) in [5.74, 6) is -0.270. The molecule has 0 atom stereocenters. The van der Waals surface area contributed by atoms with E-state index in [-0.39, 0.29) is 5.91 Å². The molecule has 6 heteroatoms. The van der Waals surface area contributed by atoms with Crippen molar-refractivity contribution in [1.82, 2.24) is 4.57 Å². The number of hydrogen-bond acceptors (Lipinski definition) is 2. The number of aryl methyl sites for hydroxylation is 1. The molecule has 0 fully saturated rings. The van der Waals surface area contributed by atoms with Crippen molar-refractivity contribution < 1.29 is 4.79 Å². The van der Waals surface area contributed by atoms with Gasteiger partial charge in [-0.25, -0.2) is 0 Å². The summed E-state index contributed by atoms with van der Waals surface area (Å²) in [5.41, 5.74) is 1.32. The predicted molar refractivity (Wildman–Crippen MR) is 86.5 cm³/mol. The van der Waals surface area contributed by atoms with E-state index in [1.54, 1.807) is 24.3 Å². The van der Waals surface area contributed by atoms with Gasteiger partial charge in [-0.05, 0) is 46.6 Å². The smallest absolute Gasteiger partial charge is 0.272 e. The van der Waals surface area contributed by atoms with Crippen molar-refractivity contribution in [2.45, 2.75) is 19.9 Å². The van der Waals surface area contributed by atoms with E-state index in [1.165, 1.54) is 0 Å². The summed E-state index contributed by atoms with van der Waals surface area (Å²) in [6.45, 7) is 2.79. The van der Waals surface area contributed by atoms with Crippen LogP contribution in [0, 0.1) is 11.3 Å². The highest BCUT2D eigenvalue weighted by molar-refractivity contribution is 9.10. The molecule has 1 aromatic heterocycles. The predicted octanol–water partition coefficient (Wildman–Crippen LogP) is 4.44. The first-order chi connectivity index (χ1) is 10.0. The van der Waals surface area contributed by atoms with Gasteiger partial charge in [0.25, 0.3) is 5.91 Å². The third kappa shape index (κ3) is 3.66. The van der Waals surface area contributed by atoms with Crippen molar-refractivity contribution in [3.63, 3.8) is 0 Å². The Morgan fingerprint density at radius 2 is 2.24 bits per heavy atom. The Kier molecular flexibility index (Phi) is 5.05. The minimum Gasteiger partial charge on any atom is -0.342 e. The van der Waals surface area contributed by atoms with Crippen molar-refractivity contribution >= 4 is 39.1 Å². The molecule has 2 aromatic rings. The molecule has 4 nitrogen and oxygen atoms in total. The number of carbonyl (C=O) groups is 1. The number of nitrogens with one attached hydrogen (secondary N) is 1. The molecule has 0 aliphatic carbocycles. The van der Waals surface area contributed by atoms with Crippen molar-refractivity contribution in [2.24, 2.45) is 0 Å². The maximum Gasteiger partial charge on any atom is 0.272 e.